The van der Waals surface area contributed by atoms with Crippen molar-refractivity contribution in [1.29, 1.82) is 0 Å². The Labute approximate surface area is 120 Å². The van der Waals surface area contributed by atoms with Gasteiger partial charge in [-0.25, -0.2) is 0 Å². The van der Waals surface area contributed by atoms with E-state index in [1.54, 1.807) is 4.68 Å². The lowest BCUT2D eigenvalue weighted by atomic mass is 10.2. The molecule has 6 nitrogen and oxygen atoms in total. The van der Waals surface area contributed by atoms with Crippen LogP contribution in [0.1, 0.15) is 13.8 Å². The van der Waals surface area contributed by atoms with Crippen LogP contribution in [0.15, 0.2) is 30.3 Å². The third kappa shape index (κ3) is 2.33. The van der Waals surface area contributed by atoms with E-state index in [9.17, 15) is 4.21 Å². The number of rotatable bonds is 2. The molecule has 2 heterocycles. The van der Waals surface area contributed by atoms with Crippen molar-refractivity contribution in [3.8, 4) is 5.69 Å². The Morgan fingerprint density at radius 3 is 2.70 bits per heavy atom. The highest BCUT2D eigenvalue weighted by molar-refractivity contribution is 7.86. The minimum Gasteiger partial charge on any atom is -0.337 e. The maximum Gasteiger partial charge on any atom is 0.250 e. The number of hydrogen-bond donors (Lipinski definition) is 0. The van der Waals surface area contributed by atoms with Gasteiger partial charge in [0, 0.05) is 29.6 Å². The predicted octanol–water partition coefficient (Wildman–Crippen LogP) is 1.01. The Kier molecular flexibility index (Phi) is 3.29. The molecule has 106 valence electrons. The summed E-state index contributed by atoms with van der Waals surface area (Å²) in [6.07, 6.45) is 0. The van der Waals surface area contributed by atoms with Gasteiger partial charge in [-0.1, -0.05) is 23.3 Å². The lowest BCUT2D eigenvalue weighted by Crippen LogP contribution is -2.50. The van der Waals surface area contributed by atoms with Crippen molar-refractivity contribution >= 4 is 16.7 Å². The molecule has 0 amide bonds. The highest BCUT2D eigenvalue weighted by atomic mass is 32.2. The standard InChI is InChI=1S/C13H17N5OS/c1-13(2)10-17(8-9-20(13)19)12-14-15-16-18(12)11-6-4-3-5-7-11/h3-7H,8-10H2,1-2H3/t20-/m0/s1. The Hall–Kier alpha value is -1.76. The number of tetrazole rings is 1. The molecule has 1 aromatic heterocycles. The van der Waals surface area contributed by atoms with Gasteiger partial charge in [0.15, 0.2) is 0 Å². The summed E-state index contributed by atoms with van der Waals surface area (Å²) in [6, 6.07) is 9.80. The topological polar surface area (TPSA) is 63.9 Å². The summed E-state index contributed by atoms with van der Waals surface area (Å²) in [5.41, 5.74) is 0.928. The van der Waals surface area contributed by atoms with Crippen LogP contribution in [0.25, 0.3) is 5.69 Å². The van der Waals surface area contributed by atoms with Crippen LogP contribution in [0.5, 0.6) is 0 Å². The van der Waals surface area contributed by atoms with Gasteiger partial charge < -0.3 is 4.90 Å². The van der Waals surface area contributed by atoms with E-state index in [-0.39, 0.29) is 4.75 Å². The number of aromatic nitrogens is 4. The van der Waals surface area contributed by atoms with Crippen molar-refractivity contribution in [1.82, 2.24) is 20.2 Å². The monoisotopic (exact) mass is 291 g/mol. The van der Waals surface area contributed by atoms with Gasteiger partial charge in [-0.3, -0.25) is 4.21 Å². The minimum absolute atomic E-state index is 0.244. The van der Waals surface area contributed by atoms with Crippen molar-refractivity contribution in [3.63, 3.8) is 0 Å². The normalized spacial score (nSPS) is 21.9. The third-order valence-electron chi connectivity index (χ3n) is 3.47. The number of para-hydroxylation sites is 1. The molecule has 0 N–H and O–H groups in total. The molecule has 0 aliphatic carbocycles. The lowest BCUT2D eigenvalue weighted by Gasteiger charge is -2.37. The van der Waals surface area contributed by atoms with Gasteiger partial charge in [0.25, 0.3) is 0 Å². The largest absolute Gasteiger partial charge is 0.337 e. The SMILES string of the molecule is CC1(C)CN(c2nnnn2-c2ccccc2)CC[S@@]1=O. The molecule has 1 atom stereocenters. The van der Waals surface area contributed by atoms with Crippen molar-refractivity contribution in [2.45, 2.75) is 18.6 Å². The van der Waals surface area contributed by atoms with Crippen LogP contribution in [-0.2, 0) is 10.8 Å². The molecule has 0 saturated carbocycles. The summed E-state index contributed by atoms with van der Waals surface area (Å²) in [7, 11) is -0.803. The smallest absolute Gasteiger partial charge is 0.250 e. The van der Waals surface area contributed by atoms with E-state index in [1.165, 1.54) is 0 Å². The summed E-state index contributed by atoms with van der Waals surface area (Å²) < 4.78 is 13.5. The molecule has 2 aromatic rings. The van der Waals surface area contributed by atoms with Crippen molar-refractivity contribution < 1.29 is 4.21 Å². The van der Waals surface area contributed by atoms with E-state index in [0.717, 1.165) is 5.69 Å². The van der Waals surface area contributed by atoms with Crippen LogP contribution in [0.4, 0.5) is 5.95 Å². The van der Waals surface area contributed by atoms with Gasteiger partial charge in [-0.2, -0.15) is 4.68 Å². The van der Waals surface area contributed by atoms with Gasteiger partial charge in [0.2, 0.25) is 5.95 Å². The van der Waals surface area contributed by atoms with E-state index < -0.39 is 10.8 Å². The molecule has 0 spiro atoms. The molecule has 0 unspecified atom stereocenters. The van der Waals surface area contributed by atoms with Crippen molar-refractivity contribution in [2.24, 2.45) is 0 Å². The maximum absolute atomic E-state index is 12.0. The molecule has 7 heteroatoms. The number of nitrogens with zero attached hydrogens (tertiary/aromatic N) is 5. The fourth-order valence-corrected chi connectivity index (χ4v) is 3.61. The number of anilines is 1. The quantitative estimate of drug-likeness (QED) is 0.826. The summed E-state index contributed by atoms with van der Waals surface area (Å²) in [5.74, 6) is 1.36. The molecular formula is C13H17N5OS. The second kappa shape index (κ2) is 4.97. The predicted molar refractivity (Wildman–Crippen MR) is 78.5 cm³/mol. The van der Waals surface area contributed by atoms with Gasteiger partial charge >= 0.3 is 0 Å². The molecular weight excluding hydrogens is 274 g/mol. The van der Waals surface area contributed by atoms with Crippen LogP contribution in [0.2, 0.25) is 0 Å². The molecule has 1 fully saturated rings. The van der Waals surface area contributed by atoms with Crippen LogP contribution in [0, 0.1) is 0 Å². The summed E-state index contributed by atoms with van der Waals surface area (Å²) in [6.45, 7) is 5.44. The first kappa shape index (κ1) is 13.2. The Balaban J connectivity index is 1.93. The van der Waals surface area contributed by atoms with E-state index in [2.05, 4.69) is 20.4 Å². The molecule has 1 saturated heterocycles. The fourth-order valence-electron chi connectivity index (χ4n) is 2.37. The zero-order chi connectivity index (χ0) is 14.2. The van der Waals surface area contributed by atoms with E-state index >= 15 is 0 Å². The van der Waals surface area contributed by atoms with Crippen molar-refractivity contribution in [3.05, 3.63) is 30.3 Å². The molecule has 20 heavy (non-hydrogen) atoms. The van der Waals surface area contributed by atoms with E-state index in [4.69, 9.17) is 0 Å². The van der Waals surface area contributed by atoms with E-state index in [1.807, 2.05) is 44.2 Å². The van der Waals surface area contributed by atoms with Crippen LogP contribution >= 0.6 is 0 Å². The van der Waals surface area contributed by atoms with Crippen LogP contribution < -0.4 is 4.90 Å². The third-order valence-corrected chi connectivity index (χ3v) is 5.39. The molecule has 0 bridgehead atoms. The fraction of sp³-hybridized carbons (Fsp3) is 0.462. The summed E-state index contributed by atoms with van der Waals surface area (Å²) in [4.78, 5) is 2.11. The van der Waals surface area contributed by atoms with Gasteiger partial charge in [0.05, 0.1) is 10.4 Å². The Morgan fingerprint density at radius 2 is 2.00 bits per heavy atom. The maximum atomic E-state index is 12.0. The van der Waals surface area contributed by atoms with Crippen LogP contribution in [0.3, 0.4) is 0 Å². The number of benzene rings is 1. The first-order valence-electron chi connectivity index (χ1n) is 6.55. The second-order valence-electron chi connectivity index (χ2n) is 5.46. The molecule has 0 radical (unpaired) electrons. The average Bonchev–Trinajstić information content (AvgIpc) is 2.92. The second-order valence-corrected chi connectivity index (χ2v) is 7.66. The summed E-state index contributed by atoms with van der Waals surface area (Å²) in [5, 5.41) is 12.0. The van der Waals surface area contributed by atoms with E-state index in [0.29, 0.717) is 24.8 Å². The summed E-state index contributed by atoms with van der Waals surface area (Å²) >= 11 is 0. The first-order valence-corrected chi connectivity index (χ1v) is 7.87. The Morgan fingerprint density at radius 1 is 1.25 bits per heavy atom. The minimum atomic E-state index is -0.803. The molecule has 1 aliphatic rings. The lowest BCUT2D eigenvalue weighted by molar-refractivity contribution is 0.579. The van der Waals surface area contributed by atoms with Gasteiger partial charge in [-0.15, -0.1) is 0 Å². The highest BCUT2D eigenvalue weighted by Crippen LogP contribution is 2.24. The highest BCUT2D eigenvalue weighted by Gasteiger charge is 2.35. The molecule has 1 aliphatic heterocycles. The Bertz CT molecular complexity index is 625. The van der Waals surface area contributed by atoms with Crippen LogP contribution in [-0.4, -0.2) is 48.0 Å². The zero-order valence-corrected chi connectivity index (χ0v) is 12.4. The van der Waals surface area contributed by atoms with Gasteiger partial charge in [-0.05, 0) is 36.4 Å². The molecule has 3 rings (SSSR count). The molecule has 1 aromatic carbocycles. The van der Waals surface area contributed by atoms with Gasteiger partial charge in [0.1, 0.15) is 0 Å². The van der Waals surface area contributed by atoms with Crippen molar-refractivity contribution in [2.75, 3.05) is 23.7 Å². The zero-order valence-electron chi connectivity index (χ0n) is 11.6. The number of hydrogen-bond acceptors (Lipinski definition) is 5. The first-order chi connectivity index (χ1) is 9.58. The average molecular weight is 291 g/mol.